The highest BCUT2D eigenvalue weighted by atomic mass is 16.6. The van der Waals surface area contributed by atoms with Crippen molar-refractivity contribution in [2.45, 2.75) is 19.5 Å². The molecule has 0 saturated heterocycles. The molecule has 4 heteroatoms. The van der Waals surface area contributed by atoms with Crippen molar-refractivity contribution in [3.05, 3.63) is 59.2 Å². The van der Waals surface area contributed by atoms with E-state index in [4.69, 9.17) is 9.47 Å². The third-order valence-electron chi connectivity index (χ3n) is 4.57. The molecule has 2 aliphatic heterocycles. The van der Waals surface area contributed by atoms with Crippen LogP contribution in [-0.2, 0) is 13.1 Å². The van der Waals surface area contributed by atoms with Gasteiger partial charge in [0.05, 0.1) is 13.0 Å². The second-order valence-electron chi connectivity index (χ2n) is 6.15. The minimum absolute atomic E-state index is 0.172. The maximum atomic E-state index is 12.5. The third kappa shape index (κ3) is 2.94. The lowest BCUT2D eigenvalue weighted by Gasteiger charge is -2.18. The highest BCUT2D eigenvalue weighted by molar-refractivity contribution is 5.96. The molecule has 1 N–H and O–H groups in total. The van der Waals surface area contributed by atoms with Crippen molar-refractivity contribution in [3.8, 4) is 11.5 Å². The van der Waals surface area contributed by atoms with Gasteiger partial charge in [-0.25, -0.2) is 0 Å². The number of hydrogen-bond donors (Lipinski definition) is 1. The van der Waals surface area contributed by atoms with Crippen LogP contribution in [0.3, 0.4) is 0 Å². The van der Waals surface area contributed by atoms with Crippen LogP contribution in [0, 0.1) is 0 Å². The van der Waals surface area contributed by atoms with Crippen LogP contribution in [0.4, 0.5) is 0 Å². The monoisotopic (exact) mass is 310 g/mol. The van der Waals surface area contributed by atoms with E-state index in [2.05, 4.69) is 24.3 Å². The van der Waals surface area contributed by atoms with E-state index in [9.17, 15) is 4.79 Å². The number of carbonyl (C=O) groups is 1. The largest absolute Gasteiger partial charge is 0.486 e. The zero-order chi connectivity index (χ0) is 15.6. The Hall–Kier alpha value is -2.33. The van der Waals surface area contributed by atoms with Gasteiger partial charge in [0.2, 0.25) is 0 Å². The number of fused-ring (bicyclic) bond motifs is 2. The van der Waals surface area contributed by atoms with E-state index < -0.39 is 0 Å². The molecular formula is C19H20NO3+. The van der Waals surface area contributed by atoms with Crippen LogP contribution in [0.5, 0.6) is 11.5 Å². The third-order valence-corrected chi connectivity index (χ3v) is 4.57. The summed E-state index contributed by atoms with van der Waals surface area (Å²) in [7, 11) is 0. The smallest absolute Gasteiger partial charge is 0.168 e. The van der Waals surface area contributed by atoms with Crippen LogP contribution < -0.4 is 14.4 Å². The number of Topliss-reactive ketones (excluding diaryl/α,β-unsaturated/α-hetero) is 1. The van der Waals surface area contributed by atoms with Gasteiger partial charge in [-0.2, -0.15) is 0 Å². The number of carbonyl (C=O) groups excluding carboxylic acids is 1. The molecule has 23 heavy (non-hydrogen) atoms. The summed E-state index contributed by atoms with van der Waals surface area (Å²) in [6, 6.07) is 14.0. The fourth-order valence-corrected chi connectivity index (χ4v) is 3.33. The molecule has 0 spiro atoms. The molecule has 2 aromatic rings. The fraction of sp³-hybridized carbons (Fsp3) is 0.316. The van der Waals surface area contributed by atoms with Crippen LogP contribution in [0.15, 0.2) is 42.5 Å². The van der Waals surface area contributed by atoms with Crippen LogP contribution in [0.1, 0.15) is 27.9 Å². The lowest BCUT2D eigenvalue weighted by Crippen LogP contribution is -3.07. The van der Waals surface area contributed by atoms with Crippen molar-refractivity contribution in [2.24, 2.45) is 0 Å². The van der Waals surface area contributed by atoms with E-state index in [-0.39, 0.29) is 5.78 Å². The Balaban J connectivity index is 1.38. The Labute approximate surface area is 135 Å². The molecule has 118 valence electrons. The van der Waals surface area contributed by atoms with Crippen LogP contribution in [0.2, 0.25) is 0 Å². The number of benzene rings is 2. The second-order valence-corrected chi connectivity index (χ2v) is 6.15. The molecule has 0 bridgehead atoms. The normalized spacial score (nSPS) is 16.2. The van der Waals surface area contributed by atoms with E-state index in [0.29, 0.717) is 30.9 Å². The Morgan fingerprint density at radius 1 is 0.957 bits per heavy atom. The fourth-order valence-electron chi connectivity index (χ4n) is 3.33. The molecule has 2 aliphatic rings. The van der Waals surface area contributed by atoms with Gasteiger partial charge in [0.1, 0.15) is 26.3 Å². The number of rotatable bonds is 4. The average molecular weight is 310 g/mol. The Kier molecular flexibility index (Phi) is 3.75. The summed E-state index contributed by atoms with van der Waals surface area (Å²) in [5.41, 5.74) is 3.54. The van der Waals surface area contributed by atoms with Gasteiger partial charge >= 0.3 is 0 Å². The molecule has 2 heterocycles. The lowest BCUT2D eigenvalue weighted by molar-refractivity contribution is -0.920. The van der Waals surface area contributed by atoms with Crippen LogP contribution >= 0.6 is 0 Å². The summed E-state index contributed by atoms with van der Waals surface area (Å²) < 4.78 is 11.0. The molecule has 4 nitrogen and oxygen atoms in total. The summed E-state index contributed by atoms with van der Waals surface area (Å²) >= 11 is 0. The van der Waals surface area contributed by atoms with Gasteiger partial charge in [-0.3, -0.25) is 4.79 Å². The highest BCUT2D eigenvalue weighted by Crippen LogP contribution is 2.31. The zero-order valence-electron chi connectivity index (χ0n) is 13.0. The minimum atomic E-state index is 0.172. The molecule has 0 saturated carbocycles. The van der Waals surface area contributed by atoms with E-state index in [0.717, 1.165) is 25.4 Å². The van der Waals surface area contributed by atoms with Crippen molar-refractivity contribution < 1.29 is 19.2 Å². The molecule has 0 radical (unpaired) electrons. The van der Waals surface area contributed by atoms with Crippen molar-refractivity contribution in [1.29, 1.82) is 0 Å². The standard InChI is InChI=1S/C19H19NO3/c21-17(14-5-6-18-19(11-14)23-10-9-22-18)7-8-20-12-15-3-1-2-4-16(15)13-20/h1-6,11H,7-10,12-13H2/p+1. The molecule has 0 aromatic heterocycles. The number of ether oxygens (including phenoxy) is 2. The van der Waals surface area contributed by atoms with Gasteiger partial charge in [-0.05, 0) is 18.2 Å². The first-order valence-corrected chi connectivity index (χ1v) is 8.13. The Bertz CT molecular complexity index is 716. The molecule has 0 atom stereocenters. The zero-order valence-corrected chi connectivity index (χ0v) is 13.0. The summed E-state index contributed by atoms with van der Waals surface area (Å²) in [6.07, 6.45) is 0.558. The van der Waals surface area contributed by atoms with Gasteiger partial charge in [-0.15, -0.1) is 0 Å². The van der Waals surface area contributed by atoms with Crippen LogP contribution in [0.25, 0.3) is 0 Å². The van der Waals surface area contributed by atoms with E-state index in [1.165, 1.54) is 16.0 Å². The van der Waals surface area contributed by atoms with Gasteiger partial charge < -0.3 is 14.4 Å². The highest BCUT2D eigenvalue weighted by Gasteiger charge is 2.23. The first-order valence-electron chi connectivity index (χ1n) is 8.13. The first kappa shape index (κ1) is 14.3. The van der Waals surface area contributed by atoms with Crippen molar-refractivity contribution in [1.82, 2.24) is 0 Å². The number of nitrogens with one attached hydrogen (secondary N) is 1. The summed E-state index contributed by atoms with van der Waals surface area (Å²) in [5, 5.41) is 0. The van der Waals surface area contributed by atoms with Crippen molar-refractivity contribution in [3.63, 3.8) is 0 Å². The van der Waals surface area contributed by atoms with E-state index in [1.54, 1.807) is 0 Å². The second kappa shape index (κ2) is 6.05. The Morgan fingerprint density at radius 3 is 2.39 bits per heavy atom. The number of ketones is 1. The Morgan fingerprint density at radius 2 is 1.65 bits per heavy atom. The quantitative estimate of drug-likeness (QED) is 0.873. The summed E-state index contributed by atoms with van der Waals surface area (Å²) in [5.74, 6) is 1.59. The van der Waals surface area contributed by atoms with Gasteiger partial charge in [0, 0.05) is 16.7 Å². The van der Waals surface area contributed by atoms with Crippen LogP contribution in [-0.4, -0.2) is 25.5 Å². The SMILES string of the molecule is O=C(CC[NH+]1Cc2ccccc2C1)c1ccc2c(c1)OCCO2. The molecular weight excluding hydrogens is 290 g/mol. The predicted molar refractivity (Wildman–Crippen MR) is 86.1 cm³/mol. The van der Waals surface area contributed by atoms with Crippen molar-refractivity contribution >= 4 is 5.78 Å². The lowest BCUT2D eigenvalue weighted by atomic mass is 10.1. The molecule has 0 aliphatic carbocycles. The van der Waals surface area contributed by atoms with E-state index >= 15 is 0 Å². The number of quaternary nitrogens is 1. The minimum Gasteiger partial charge on any atom is -0.486 e. The maximum absolute atomic E-state index is 12.5. The van der Waals surface area contributed by atoms with Gasteiger partial charge in [0.25, 0.3) is 0 Å². The van der Waals surface area contributed by atoms with Crippen molar-refractivity contribution in [2.75, 3.05) is 19.8 Å². The van der Waals surface area contributed by atoms with E-state index in [1.807, 2.05) is 18.2 Å². The number of hydrogen-bond acceptors (Lipinski definition) is 3. The molecule has 2 aromatic carbocycles. The average Bonchev–Trinajstić information content (AvgIpc) is 3.02. The first-order chi connectivity index (χ1) is 11.3. The topological polar surface area (TPSA) is 40.0 Å². The summed E-state index contributed by atoms with van der Waals surface area (Å²) in [6.45, 7) is 4.01. The van der Waals surface area contributed by atoms with Gasteiger partial charge in [0.15, 0.2) is 17.3 Å². The molecule has 0 unspecified atom stereocenters. The summed E-state index contributed by atoms with van der Waals surface area (Å²) in [4.78, 5) is 13.9. The molecule has 4 rings (SSSR count). The molecule has 0 amide bonds. The predicted octanol–water partition coefficient (Wildman–Crippen LogP) is 1.63. The molecule has 0 fully saturated rings. The van der Waals surface area contributed by atoms with Gasteiger partial charge in [-0.1, -0.05) is 24.3 Å². The maximum Gasteiger partial charge on any atom is 0.168 e.